The standard InChI is InChI=1S/C7H15N.C2H4O/c1-7-4-3-5-8(2)6-7;1-2-3/h7H,3-6H2,1-2H3;2H,1H3. The van der Waals surface area contributed by atoms with Crippen LogP contribution in [0, 0.1) is 5.92 Å². The minimum absolute atomic E-state index is 0.750. The van der Waals surface area contributed by atoms with E-state index in [1.165, 1.54) is 32.9 Å². The minimum Gasteiger partial charge on any atom is -0.306 e. The van der Waals surface area contributed by atoms with Crippen molar-refractivity contribution in [2.75, 3.05) is 20.1 Å². The Bertz CT molecular complexity index is 95.7. The van der Waals surface area contributed by atoms with E-state index in [9.17, 15) is 0 Å². The van der Waals surface area contributed by atoms with Crippen molar-refractivity contribution in [3.8, 4) is 0 Å². The summed E-state index contributed by atoms with van der Waals surface area (Å²) in [5.74, 6) is 0.939. The molecule has 0 saturated carbocycles. The number of carbonyl (C=O) groups excluding carboxylic acids is 1. The summed E-state index contributed by atoms with van der Waals surface area (Å²) in [5, 5.41) is 0. The number of likely N-dealkylation sites (tertiary alicyclic amines) is 1. The second-order valence-corrected chi connectivity index (χ2v) is 3.25. The molecule has 0 spiro atoms. The van der Waals surface area contributed by atoms with E-state index in [0.29, 0.717) is 0 Å². The van der Waals surface area contributed by atoms with Crippen molar-refractivity contribution in [1.82, 2.24) is 4.90 Å². The maximum absolute atomic E-state index is 8.81. The number of aldehydes is 1. The molecule has 0 aliphatic carbocycles. The topological polar surface area (TPSA) is 20.3 Å². The Morgan fingerprint density at radius 1 is 1.55 bits per heavy atom. The first kappa shape index (κ1) is 10.6. The third-order valence-corrected chi connectivity index (χ3v) is 1.86. The number of carbonyl (C=O) groups is 1. The Morgan fingerprint density at radius 3 is 2.36 bits per heavy atom. The Balaban J connectivity index is 0.000000292. The molecule has 2 heteroatoms. The van der Waals surface area contributed by atoms with Crippen molar-refractivity contribution in [2.24, 2.45) is 5.92 Å². The van der Waals surface area contributed by atoms with Gasteiger partial charge in [0.1, 0.15) is 6.29 Å². The van der Waals surface area contributed by atoms with Crippen LogP contribution in [-0.4, -0.2) is 31.3 Å². The summed E-state index contributed by atoms with van der Waals surface area (Å²) in [6.45, 7) is 6.39. The molecule has 66 valence electrons. The zero-order chi connectivity index (χ0) is 8.69. The van der Waals surface area contributed by atoms with Gasteiger partial charge in [-0.2, -0.15) is 0 Å². The first-order valence-corrected chi connectivity index (χ1v) is 4.29. The molecule has 1 aliphatic rings. The van der Waals surface area contributed by atoms with E-state index in [1.54, 1.807) is 0 Å². The SMILES string of the molecule is CC1CCCN(C)C1.CC=O. The Kier molecular flexibility index (Phi) is 6.13. The molecule has 1 rings (SSSR count). The second-order valence-electron chi connectivity index (χ2n) is 3.25. The third-order valence-electron chi connectivity index (χ3n) is 1.86. The van der Waals surface area contributed by atoms with Gasteiger partial charge in [-0.25, -0.2) is 0 Å². The fourth-order valence-corrected chi connectivity index (χ4v) is 1.42. The Labute approximate surface area is 69.6 Å². The zero-order valence-electron chi connectivity index (χ0n) is 7.84. The first-order valence-electron chi connectivity index (χ1n) is 4.29. The molecule has 1 unspecified atom stereocenters. The lowest BCUT2D eigenvalue weighted by molar-refractivity contribution is -0.106. The summed E-state index contributed by atoms with van der Waals surface area (Å²) in [5.41, 5.74) is 0. The molecule has 0 amide bonds. The number of hydrogen-bond acceptors (Lipinski definition) is 2. The summed E-state index contributed by atoms with van der Waals surface area (Å²) >= 11 is 0. The molecule has 2 nitrogen and oxygen atoms in total. The largest absolute Gasteiger partial charge is 0.306 e. The third kappa shape index (κ3) is 6.05. The van der Waals surface area contributed by atoms with Crippen molar-refractivity contribution in [1.29, 1.82) is 0 Å². The molecule has 1 atom stereocenters. The molecule has 1 heterocycles. The van der Waals surface area contributed by atoms with Crippen LogP contribution in [0.2, 0.25) is 0 Å². The van der Waals surface area contributed by atoms with Gasteiger partial charge in [-0.05, 0) is 39.3 Å². The maximum Gasteiger partial charge on any atom is 0.116 e. The quantitative estimate of drug-likeness (QED) is 0.497. The van der Waals surface area contributed by atoms with Crippen LogP contribution < -0.4 is 0 Å². The maximum atomic E-state index is 8.81. The van der Waals surface area contributed by atoms with E-state index in [4.69, 9.17) is 4.79 Å². The highest BCUT2D eigenvalue weighted by Gasteiger charge is 2.11. The average molecular weight is 157 g/mol. The molecule has 0 N–H and O–H groups in total. The lowest BCUT2D eigenvalue weighted by Gasteiger charge is -2.26. The fraction of sp³-hybridized carbons (Fsp3) is 0.889. The highest BCUT2D eigenvalue weighted by atomic mass is 16.1. The van der Waals surface area contributed by atoms with Crippen LogP contribution in [0.5, 0.6) is 0 Å². The number of rotatable bonds is 0. The van der Waals surface area contributed by atoms with E-state index in [1.807, 2.05) is 0 Å². The van der Waals surface area contributed by atoms with E-state index in [2.05, 4.69) is 18.9 Å². The van der Waals surface area contributed by atoms with Gasteiger partial charge in [0.15, 0.2) is 0 Å². The fourth-order valence-electron chi connectivity index (χ4n) is 1.42. The Morgan fingerprint density at radius 2 is 2.09 bits per heavy atom. The predicted molar refractivity (Wildman–Crippen MR) is 47.6 cm³/mol. The van der Waals surface area contributed by atoms with Crippen molar-refractivity contribution >= 4 is 6.29 Å². The van der Waals surface area contributed by atoms with Crippen LogP contribution in [0.4, 0.5) is 0 Å². The lowest BCUT2D eigenvalue weighted by Crippen LogP contribution is -2.30. The van der Waals surface area contributed by atoms with Gasteiger partial charge in [0, 0.05) is 6.54 Å². The van der Waals surface area contributed by atoms with Crippen LogP contribution in [0.3, 0.4) is 0 Å². The van der Waals surface area contributed by atoms with Gasteiger partial charge in [0.2, 0.25) is 0 Å². The number of nitrogens with zero attached hydrogens (tertiary/aromatic N) is 1. The molecule has 0 bridgehead atoms. The highest BCUT2D eigenvalue weighted by molar-refractivity contribution is 5.44. The van der Waals surface area contributed by atoms with E-state index >= 15 is 0 Å². The minimum atomic E-state index is 0.750. The van der Waals surface area contributed by atoms with Crippen molar-refractivity contribution < 1.29 is 4.79 Å². The first-order chi connectivity index (χ1) is 5.20. The van der Waals surface area contributed by atoms with Crippen LogP contribution in [0.1, 0.15) is 26.7 Å². The van der Waals surface area contributed by atoms with Gasteiger partial charge < -0.3 is 9.69 Å². The average Bonchev–Trinajstić information content (AvgIpc) is 1.88. The highest BCUT2D eigenvalue weighted by Crippen LogP contribution is 2.12. The van der Waals surface area contributed by atoms with Crippen LogP contribution in [0.25, 0.3) is 0 Å². The lowest BCUT2D eigenvalue weighted by atomic mass is 10.0. The summed E-state index contributed by atoms with van der Waals surface area (Å²) in [6, 6.07) is 0. The molecule has 1 fully saturated rings. The van der Waals surface area contributed by atoms with Crippen molar-refractivity contribution in [3.63, 3.8) is 0 Å². The zero-order valence-corrected chi connectivity index (χ0v) is 7.84. The molecular formula is C9H19NO. The van der Waals surface area contributed by atoms with E-state index < -0.39 is 0 Å². The number of hydrogen-bond donors (Lipinski definition) is 0. The van der Waals surface area contributed by atoms with Gasteiger partial charge in [-0.3, -0.25) is 0 Å². The monoisotopic (exact) mass is 157 g/mol. The van der Waals surface area contributed by atoms with Crippen molar-refractivity contribution in [3.05, 3.63) is 0 Å². The normalized spacial score (nSPS) is 25.2. The molecule has 1 aliphatic heterocycles. The van der Waals surface area contributed by atoms with Gasteiger partial charge in [0.05, 0.1) is 0 Å². The summed E-state index contributed by atoms with van der Waals surface area (Å²) in [7, 11) is 2.20. The molecule has 0 aromatic carbocycles. The Hall–Kier alpha value is -0.370. The van der Waals surface area contributed by atoms with E-state index in [0.717, 1.165) is 12.2 Å². The second kappa shape index (κ2) is 6.35. The van der Waals surface area contributed by atoms with Crippen LogP contribution in [0.15, 0.2) is 0 Å². The molecule has 0 aromatic rings. The van der Waals surface area contributed by atoms with Gasteiger partial charge in [-0.1, -0.05) is 6.92 Å². The summed E-state index contributed by atoms with van der Waals surface area (Å²) in [4.78, 5) is 11.2. The summed E-state index contributed by atoms with van der Waals surface area (Å²) < 4.78 is 0. The molecule has 0 aromatic heterocycles. The summed E-state index contributed by atoms with van der Waals surface area (Å²) in [6.07, 6.45) is 3.59. The number of piperidine rings is 1. The molecular weight excluding hydrogens is 138 g/mol. The molecule has 0 radical (unpaired) electrons. The van der Waals surface area contributed by atoms with Gasteiger partial charge >= 0.3 is 0 Å². The molecule has 1 saturated heterocycles. The van der Waals surface area contributed by atoms with Gasteiger partial charge in [0.25, 0.3) is 0 Å². The van der Waals surface area contributed by atoms with Gasteiger partial charge in [-0.15, -0.1) is 0 Å². The van der Waals surface area contributed by atoms with Crippen LogP contribution >= 0.6 is 0 Å². The molecule has 11 heavy (non-hydrogen) atoms. The van der Waals surface area contributed by atoms with E-state index in [-0.39, 0.29) is 0 Å². The predicted octanol–water partition coefficient (Wildman–Crippen LogP) is 1.55. The van der Waals surface area contributed by atoms with Crippen molar-refractivity contribution in [2.45, 2.75) is 26.7 Å². The van der Waals surface area contributed by atoms with Crippen LogP contribution in [-0.2, 0) is 4.79 Å². The smallest absolute Gasteiger partial charge is 0.116 e.